The summed E-state index contributed by atoms with van der Waals surface area (Å²) in [6, 6.07) is 5.38. The van der Waals surface area contributed by atoms with Gasteiger partial charge in [-0.2, -0.15) is 0 Å². The van der Waals surface area contributed by atoms with E-state index in [4.69, 9.17) is 9.47 Å². The summed E-state index contributed by atoms with van der Waals surface area (Å²) in [5, 5.41) is 8.74. The summed E-state index contributed by atoms with van der Waals surface area (Å²) < 4.78 is 12.9. The lowest BCUT2D eigenvalue weighted by Crippen LogP contribution is -2.34. The number of carbonyl (C=O) groups is 1. The zero-order valence-electron chi connectivity index (χ0n) is 18.3. The van der Waals surface area contributed by atoms with E-state index in [9.17, 15) is 4.79 Å². The average Bonchev–Trinajstić information content (AvgIpc) is 3.38. The molecule has 162 valence electrons. The van der Waals surface area contributed by atoms with Gasteiger partial charge in [-0.25, -0.2) is 0 Å². The van der Waals surface area contributed by atoms with Crippen molar-refractivity contribution in [1.29, 1.82) is 0 Å². The minimum absolute atomic E-state index is 0.0289. The predicted molar refractivity (Wildman–Crippen MR) is 114 cm³/mol. The number of aromatic nitrogens is 3. The van der Waals surface area contributed by atoms with Gasteiger partial charge in [0, 0.05) is 37.2 Å². The van der Waals surface area contributed by atoms with E-state index in [-0.39, 0.29) is 17.2 Å². The molecule has 1 aromatic carbocycles. The van der Waals surface area contributed by atoms with Gasteiger partial charge < -0.3 is 18.9 Å². The van der Waals surface area contributed by atoms with E-state index in [0.717, 1.165) is 38.2 Å². The predicted octanol–water partition coefficient (Wildman–Crippen LogP) is 3.90. The normalized spacial score (nSPS) is 20.5. The molecule has 0 bridgehead atoms. The Hall–Kier alpha value is -2.57. The van der Waals surface area contributed by atoms with Gasteiger partial charge in [0.2, 0.25) is 0 Å². The van der Waals surface area contributed by atoms with Gasteiger partial charge in [-0.15, -0.1) is 10.2 Å². The van der Waals surface area contributed by atoms with E-state index in [0.29, 0.717) is 23.6 Å². The third-order valence-electron chi connectivity index (χ3n) is 6.80. The maximum atomic E-state index is 13.5. The van der Waals surface area contributed by atoms with Crippen LogP contribution >= 0.6 is 0 Å². The smallest absolute Gasteiger partial charge is 0.254 e. The summed E-state index contributed by atoms with van der Waals surface area (Å²) in [5.41, 5.74) is 0.697. The number of likely N-dealkylation sites (tertiary alicyclic amines) is 1. The van der Waals surface area contributed by atoms with Crippen LogP contribution in [-0.4, -0.2) is 52.9 Å². The lowest BCUT2D eigenvalue weighted by Gasteiger charge is -2.37. The summed E-state index contributed by atoms with van der Waals surface area (Å²) in [5.74, 6) is 2.55. The number of benzene rings is 1. The molecule has 1 saturated heterocycles. The quantitative estimate of drug-likeness (QED) is 0.720. The van der Waals surface area contributed by atoms with Gasteiger partial charge in [0.15, 0.2) is 0 Å². The molecule has 2 fully saturated rings. The largest absolute Gasteiger partial charge is 0.497 e. The molecule has 1 aliphatic carbocycles. The van der Waals surface area contributed by atoms with Gasteiger partial charge in [0.1, 0.15) is 23.7 Å². The summed E-state index contributed by atoms with van der Waals surface area (Å²) >= 11 is 0. The van der Waals surface area contributed by atoms with E-state index < -0.39 is 0 Å². The van der Waals surface area contributed by atoms with Crippen molar-refractivity contribution in [3.8, 4) is 11.5 Å². The van der Waals surface area contributed by atoms with Crippen molar-refractivity contribution in [3.05, 3.63) is 35.9 Å². The molecule has 1 saturated carbocycles. The SMILES string of the molecule is CCCn1cnnc1C1CN(C(=O)c2cc(OC)cc(OC)c2)CC12CCCCC2. The van der Waals surface area contributed by atoms with Crippen LogP contribution in [0.4, 0.5) is 0 Å². The van der Waals surface area contributed by atoms with Crippen molar-refractivity contribution in [3.63, 3.8) is 0 Å². The number of aryl methyl sites for hydroxylation is 1. The number of nitrogens with zero attached hydrogens (tertiary/aromatic N) is 4. The fraction of sp³-hybridized carbons (Fsp3) is 0.609. The second kappa shape index (κ2) is 8.66. The molecule has 1 spiro atoms. The van der Waals surface area contributed by atoms with Crippen molar-refractivity contribution in [2.75, 3.05) is 27.3 Å². The summed E-state index contributed by atoms with van der Waals surface area (Å²) in [4.78, 5) is 15.5. The Morgan fingerprint density at radius 3 is 2.47 bits per heavy atom. The van der Waals surface area contributed by atoms with Crippen LogP contribution in [0, 0.1) is 5.41 Å². The molecule has 7 heteroatoms. The summed E-state index contributed by atoms with van der Waals surface area (Å²) in [6.07, 6.45) is 8.87. The van der Waals surface area contributed by atoms with E-state index in [1.807, 2.05) is 11.2 Å². The van der Waals surface area contributed by atoms with Crippen LogP contribution < -0.4 is 9.47 Å². The molecule has 30 heavy (non-hydrogen) atoms. The molecule has 0 N–H and O–H groups in total. The fourth-order valence-electron chi connectivity index (χ4n) is 5.30. The van der Waals surface area contributed by atoms with Gasteiger partial charge in [-0.05, 0) is 36.8 Å². The Morgan fingerprint density at radius 1 is 1.13 bits per heavy atom. The molecule has 4 rings (SSSR count). The second-order valence-corrected chi connectivity index (χ2v) is 8.65. The lowest BCUT2D eigenvalue weighted by molar-refractivity contribution is 0.0757. The minimum Gasteiger partial charge on any atom is -0.497 e. The van der Waals surface area contributed by atoms with Crippen LogP contribution in [-0.2, 0) is 6.54 Å². The topological polar surface area (TPSA) is 69.5 Å². The summed E-state index contributed by atoms with van der Waals surface area (Å²) in [6.45, 7) is 4.53. The highest BCUT2D eigenvalue weighted by Gasteiger charge is 2.50. The van der Waals surface area contributed by atoms with Crippen molar-refractivity contribution < 1.29 is 14.3 Å². The monoisotopic (exact) mass is 412 g/mol. The molecule has 1 atom stereocenters. The number of ether oxygens (including phenoxy) is 2. The first-order chi connectivity index (χ1) is 14.6. The van der Waals surface area contributed by atoms with E-state index in [1.54, 1.807) is 32.4 Å². The molecule has 0 radical (unpaired) electrons. The standard InChI is InChI=1S/C23H32N4O3/c1-4-10-26-16-24-25-21(26)20-14-27(15-23(20)8-6-5-7-9-23)22(28)17-11-18(29-2)13-19(12-17)30-3/h11-13,16,20H,4-10,14-15H2,1-3H3. The molecule has 2 aliphatic rings. The van der Waals surface area contributed by atoms with Gasteiger partial charge >= 0.3 is 0 Å². The van der Waals surface area contributed by atoms with Crippen LogP contribution in [0.3, 0.4) is 0 Å². The van der Waals surface area contributed by atoms with Crippen molar-refractivity contribution in [1.82, 2.24) is 19.7 Å². The number of amides is 1. The van der Waals surface area contributed by atoms with E-state index in [1.165, 1.54) is 19.3 Å². The molecule has 2 aromatic rings. The van der Waals surface area contributed by atoms with Crippen molar-refractivity contribution in [2.24, 2.45) is 5.41 Å². The van der Waals surface area contributed by atoms with Gasteiger partial charge in [-0.1, -0.05) is 26.2 Å². The van der Waals surface area contributed by atoms with Crippen LogP contribution in [0.5, 0.6) is 11.5 Å². The second-order valence-electron chi connectivity index (χ2n) is 8.65. The molecule has 1 aromatic heterocycles. The number of hydrogen-bond donors (Lipinski definition) is 0. The zero-order chi connectivity index (χ0) is 21.1. The summed E-state index contributed by atoms with van der Waals surface area (Å²) in [7, 11) is 3.21. The third-order valence-corrected chi connectivity index (χ3v) is 6.80. The average molecular weight is 413 g/mol. The molecular formula is C23H32N4O3. The van der Waals surface area contributed by atoms with E-state index >= 15 is 0 Å². The minimum atomic E-state index is 0.0289. The highest BCUT2D eigenvalue weighted by molar-refractivity contribution is 5.95. The number of hydrogen-bond acceptors (Lipinski definition) is 5. The Bertz CT molecular complexity index is 866. The molecule has 2 heterocycles. The highest BCUT2D eigenvalue weighted by atomic mass is 16.5. The van der Waals surface area contributed by atoms with Crippen LogP contribution in [0.2, 0.25) is 0 Å². The Kier molecular flexibility index (Phi) is 5.97. The third kappa shape index (κ3) is 3.77. The van der Waals surface area contributed by atoms with Crippen LogP contribution in [0.25, 0.3) is 0 Å². The van der Waals surface area contributed by atoms with Crippen LogP contribution in [0.15, 0.2) is 24.5 Å². The van der Waals surface area contributed by atoms with Gasteiger partial charge in [0.05, 0.1) is 14.2 Å². The maximum absolute atomic E-state index is 13.5. The first kappa shape index (κ1) is 20.7. The van der Waals surface area contributed by atoms with Crippen molar-refractivity contribution >= 4 is 5.91 Å². The van der Waals surface area contributed by atoms with Gasteiger partial charge in [-0.3, -0.25) is 4.79 Å². The molecule has 1 unspecified atom stereocenters. The Balaban J connectivity index is 1.66. The van der Waals surface area contributed by atoms with E-state index in [2.05, 4.69) is 21.7 Å². The molecule has 7 nitrogen and oxygen atoms in total. The van der Waals surface area contributed by atoms with Crippen molar-refractivity contribution in [2.45, 2.75) is 57.9 Å². The first-order valence-corrected chi connectivity index (χ1v) is 11.0. The van der Waals surface area contributed by atoms with Crippen LogP contribution in [0.1, 0.15) is 67.5 Å². The Labute approximate surface area is 178 Å². The lowest BCUT2D eigenvalue weighted by atomic mass is 9.67. The maximum Gasteiger partial charge on any atom is 0.254 e. The number of rotatable bonds is 6. The first-order valence-electron chi connectivity index (χ1n) is 11.0. The Morgan fingerprint density at radius 2 is 1.83 bits per heavy atom. The zero-order valence-corrected chi connectivity index (χ0v) is 18.3. The van der Waals surface area contributed by atoms with Gasteiger partial charge in [0.25, 0.3) is 5.91 Å². The highest BCUT2D eigenvalue weighted by Crippen LogP contribution is 2.52. The number of carbonyl (C=O) groups excluding carboxylic acids is 1. The molecule has 1 aliphatic heterocycles. The fourth-order valence-corrected chi connectivity index (χ4v) is 5.30. The molecular weight excluding hydrogens is 380 g/mol. The molecule has 1 amide bonds. The number of methoxy groups -OCH3 is 2.